The van der Waals surface area contributed by atoms with Gasteiger partial charge in [0.1, 0.15) is 5.75 Å². The molecule has 0 aliphatic rings. The van der Waals surface area contributed by atoms with Crippen LogP contribution in [0.2, 0.25) is 0 Å². The maximum Gasteiger partial charge on any atom is 0.227 e. The number of aryl methyl sites for hydroxylation is 1. The van der Waals surface area contributed by atoms with Crippen LogP contribution in [-0.4, -0.2) is 23.2 Å². The second kappa shape index (κ2) is 8.10. The van der Waals surface area contributed by atoms with Crippen molar-refractivity contribution in [2.45, 2.75) is 19.4 Å². The third-order valence-electron chi connectivity index (χ3n) is 3.71. The van der Waals surface area contributed by atoms with E-state index >= 15 is 0 Å². The summed E-state index contributed by atoms with van der Waals surface area (Å²) >= 11 is 0. The molecule has 3 rings (SSSR count). The molecule has 1 N–H and O–H groups in total. The number of hydrogen-bond acceptors (Lipinski definition) is 5. The molecule has 0 radical (unpaired) electrons. The maximum absolute atomic E-state index is 11.9. The van der Waals surface area contributed by atoms with Crippen LogP contribution < -0.4 is 10.1 Å². The van der Waals surface area contributed by atoms with E-state index in [0.29, 0.717) is 36.9 Å². The van der Waals surface area contributed by atoms with Crippen molar-refractivity contribution in [1.29, 1.82) is 0 Å². The summed E-state index contributed by atoms with van der Waals surface area (Å²) in [6.07, 6.45) is 0.684. The molecule has 0 aliphatic carbocycles. The van der Waals surface area contributed by atoms with E-state index in [2.05, 4.69) is 15.5 Å². The van der Waals surface area contributed by atoms with Gasteiger partial charge in [0.2, 0.25) is 17.6 Å². The third-order valence-corrected chi connectivity index (χ3v) is 3.71. The quantitative estimate of drug-likeness (QED) is 0.717. The molecule has 0 fully saturated rings. The number of rotatable bonds is 7. The minimum absolute atomic E-state index is 0.0547. The predicted molar refractivity (Wildman–Crippen MR) is 92.9 cm³/mol. The van der Waals surface area contributed by atoms with Gasteiger partial charge in [-0.25, -0.2) is 0 Å². The number of hydrogen-bond donors (Lipinski definition) is 1. The lowest BCUT2D eigenvalue weighted by molar-refractivity contribution is -0.121. The minimum Gasteiger partial charge on any atom is -0.496 e. The Morgan fingerprint density at radius 3 is 2.68 bits per heavy atom. The first kappa shape index (κ1) is 16.7. The number of nitrogens with one attached hydrogen (secondary N) is 1. The van der Waals surface area contributed by atoms with Gasteiger partial charge in [0.25, 0.3) is 0 Å². The molecule has 6 heteroatoms. The molecule has 128 valence electrons. The molecular formula is C19H19N3O3. The van der Waals surface area contributed by atoms with Gasteiger partial charge in [-0.05, 0) is 17.7 Å². The monoisotopic (exact) mass is 337 g/mol. The first-order valence-corrected chi connectivity index (χ1v) is 8.03. The summed E-state index contributed by atoms with van der Waals surface area (Å²) in [5, 5.41) is 6.85. The van der Waals surface area contributed by atoms with Crippen molar-refractivity contribution in [3.8, 4) is 17.1 Å². The highest BCUT2D eigenvalue weighted by Crippen LogP contribution is 2.27. The summed E-state index contributed by atoms with van der Waals surface area (Å²) in [7, 11) is 1.59. The predicted octanol–water partition coefficient (Wildman–Crippen LogP) is 2.99. The molecule has 0 aliphatic heterocycles. The lowest BCUT2D eigenvalue weighted by Crippen LogP contribution is -2.22. The molecule has 0 atom stereocenters. The van der Waals surface area contributed by atoms with Crippen LogP contribution in [0, 0.1) is 0 Å². The largest absolute Gasteiger partial charge is 0.496 e. The second-order valence-corrected chi connectivity index (χ2v) is 5.47. The van der Waals surface area contributed by atoms with Crippen LogP contribution in [0.3, 0.4) is 0 Å². The Bertz CT molecular complexity index is 831. The van der Waals surface area contributed by atoms with Crippen LogP contribution in [0.1, 0.15) is 17.9 Å². The molecule has 6 nitrogen and oxygen atoms in total. The van der Waals surface area contributed by atoms with E-state index < -0.39 is 0 Å². The lowest BCUT2D eigenvalue weighted by atomic mass is 10.2. The van der Waals surface area contributed by atoms with E-state index in [0.717, 1.165) is 11.1 Å². The van der Waals surface area contributed by atoms with E-state index in [-0.39, 0.29) is 5.91 Å². The van der Waals surface area contributed by atoms with Gasteiger partial charge in [0.15, 0.2) is 0 Å². The normalized spacial score (nSPS) is 10.4. The summed E-state index contributed by atoms with van der Waals surface area (Å²) in [6, 6.07) is 17.2. The number of benzene rings is 2. The number of nitrogens with zero attached hydrogens (tertiary/aromatic N) is 2. The maximum atomic E-state index is 11.9. The van der Waals surface area contributed by atoms with Crippen LogP contribution in [0.15, 0.2) is 59.1 Å². The zero-order valence-electron chi connectivity index (χ0n) is 13.9. The van der Waals surface area contributed by atoms with Crippen LogP contribution in [0.25, 0.3) is 11.4 Å². The Morgan fingerprint density at radius 1 is 1.12 bits per heavy atom. The molecule has 2 aromatic carbocycles. The molecule has 0 spiro atoms. The fourth-order valence-corrected chi connectivity index (χ4v) is 2.40. The van der Waals surface area contributed by atoms with Gasteiger partial charge >= 0.3 is 0 Å². The van der Waals surface area contributed by atoms with Crippen molar-refractivity contribution in [2.75, 3.05) is 7.11 Å². The van der Waals surface area contributed by atoms with Crippen LogP contribution in [0.4, 0.5) is 0 Å². The molecule has 0 saturated carbocycles. The number of ether oxygens (including phenoxy) is 1. The topological polar surface area (TPSA) is 77.2 Å². The van der Waals surface area contributed by atoms with Crippen LogP contribution in [-0.2, 0) is 17.8 Å². The summed E-state index contributed by atoms with van der Waals surface area (Å²) in [5.74, 6) is 1.50. The average Bonchev–Trinajstić information content (AvgIpc) is 3.14. The average molecular weight is 337 g/mol. The van der Waals surface area contributed by atoms with Crippen LogP contribution in [0.5, 0.6) is 5.75 Å². The van der Waals surface area contributed by atoms with Gasteiger partial charge in [0.05, 0.1) is 12.7 Å². The fourth-order valence-electron chi connectivity index (χ4n) is 2.40. The number of methoxy groups -OCH3 is 1. The van der Waals surface area contributed by atoms with Gasteiger partial charge in [0, 0.05) is 19.4 Å². The Kier molecular flexibility index (Phi) is 5.41. The molecule has 0 unspecified atom stereocenters. The second-order valence-electron chi connectivity index (χ2n) is 5.47. The first-order valence-electron chi connectivity index (χ1n) is 8.03. The number of aromatic nitrogens is 2. The fraction of sp³-hybridized carbons (Fsp3) is 0.211. The van der Waals surface area contributed by atoms with E-state index in [1.165, 1.54) is 0 Å². The van der Waals surface area contributed by atoms with Crippen molar-refractivity contribution in [2.24, 2.45) is 0 Å². The van der Waals surface area contributed by atoms with Gasteiger partial charge in [-0.15, -0.1) is 0 Å². The summed E-state index contributed by atoms with van der Waals surface area (Å²) in [4.78, 5) is 16.3. The van der Waals surface area contributed by atoms with Crippen molar-refractivity contribution in [1.82, 2.24) is 15.5 Å². The van der Waals surface area contributed by atoms with Crippen molar-refractivity contribution >= 4 is 5.91 Å². The van der Waals surface area contributed by atoms with Crippen molar-refractivity contribution in [3.63, 3.8) is 0 Å². The molecular weight excluding hydrogens is 318 g/mol. The van der Waals surface area contributed by atoms with E-state index in [4.69, 9.17) is 9.26 Å². The number of carbonyl (C=O) groups excluding carboxylic acids is 1. The standard InChI is InChI=1S/C19H19N3O3/c1-24-16-10-6-5-9-15(16)19-21-18(25-22-19)12-11-17(23)20-13-14-7-3-2-4-8-14/h2-10H,11-13H2,1H3,(H,20,23). The summed E-state index contributed by atoms with van der Waals surface area (Å²) in [5.41, 5.74) is 1.82. The van der Waals surface area contributed by atoms with Gasteiger partial charge < -0.3 is 14.6 Å². The lowest BCUT2D eigenvalue weighted by Gasteiger charge is -2.04. The Morgan fingerprint density at radius 2 is 1.88 bits per heavy atom. The highest BCUT2D eigenvalue weighted by molar-refractivity contribution is 5.76. The van der Waals surface area contributed by atoms with Gasteiger partial charge in [-0.3, -0.25) is 4.79 Å². The number of amides is 1. The molecule has 25 heavy (non-hydrogen) atoms. The van der Waals surface area contributed by atoms with E-state index in [9.17, 15) is 4.79 Å². The molecule has 3 aromatic rings. The highest BCUT2D eigenvalue weighted by atomic mass is 16.5. The molecule has 1 amide bonds. The smallest absolute Gasteiger partial charge is 0.227 e. The highest BCUT2D eigenvalue weighted by Gasteiger charge is 2.13. The first-order chi connectivity index (χ1) is 12.3. The van der Waals surface area contributed by atoms with Crippen molar-refractivity contribution in [3.05, 3.63) is 66.1 Å². The van der Waals surface area contributed by atoms with Crippen molar-refractivity contribution < 1.29 is 14.1 Å². The third kappa shape index (κ3) is 4.44. The van der Waals surface area contributed by atoms with Gasteiger partial charge in [-0.2, -0.15) is 4.98 Å². The summed E-state index contributed by atoms with van der Waals surface area (Å²) in [6.45, 7) is 0.510. The van der Waals surface area contributed by atoms with E-state index in [1.54, 1.807) is 7.11 Å². The Balaban J connectivity index is 1.54. The number of carbonyl (C=O) groups is 1. The molecule has 1 aromatic heterocycles. The SMILES string of the molecule is COc1ccccc1-c1noc(CCC(=O)NCc2ccccc2)n1. The van der Waals surface area contributed by atoms with Gasteiger partial charge in [-0.1, -0.05) is 47.6 Å². The molecule has 0 saturated heterocycles. The van der Waals surface area contributed by atoms with E-state index in [1.807, 2.05) is 54.6 Å². The summed E-state index contributed by atoms with van der Waals surface area (Å²) < 4.78 is 10.5. The van der Waals surface area contributed by atoms with Crippen LogP contribution >= 0.6 is 0 Å². The number of para-hydroxylation sites is 1. The molecule has 1 heterocycles. The zero-order chi connectivity index (χ0) is 17.5. The zero-order valence-corrected chi connectivity index (χ0v) is 13.9. The molecule has 0 bridgehead atoms. The Labute approximate surface area is 145 Å². The minimum atomic E-state index is -0.0547. The Hall–Kier alpha value is -3.15.